The van der Waals surface area contributed by atoms with Gasteiger partial charge in [0.25, 0.3) is 0 Å². The van der Waals surface area contributed by atoms with E-state index < -0.39 is 0 Å². The summed E-state index contributed by atoms with van der Waals surface area (Å²) in [6.07, 6.45) is 7.20. The summed E-state index contributed by atoms with van der Waals surface area (Å²) >= 11 is 0. The Morgan fingerprint density at radius 2 is 2.12 bits per heavy atom. The van der Waals surface area contributed by atoms with E-state index in [1.165, 1.54) is 18.5 Å². The second-order valence-electron chi connectivity index (χ2n) is 7.68. The van der Waals surface area contributed by atoms with Crippen molar-refractivity contribution in [1.82, 2.24) is 14.9 Å². The van der Waals surface area contributed by atoms with E-state index in [0.717, 1.165) is 44.1 Å². The van der Waals surface area contributed by atoms with Crippen LogP contribution >= 0.6 is 0 Å². The van der Waals surface area contributed by atoms with Crippen LogP contribution in [-0.4, -0.2) is 47.3 Å². The average molecular weight is 353 g/mol. The first-order chi connectivity index (χ1) is 12.7. The van der Waals surface area contributed by atoms with Gasteiger partial charge in [-0.15, -0.1) is 0 Å². The molecule has 0 saturated carbocycles. The summed E-state index contributed by atoms with van der Waals surface area (Å²) in [5, 5.41) is 0. The van der Waals surface area contributed by atoms with Gasteiger partial charge in [-0.25, -0.2) is 0 Å². The molecule has 0 bridgehead atoms. The van der Waals surface area contributed by atoms with Gasteiger partial charge in [-0.1, -0.05) is 6.07 Å². The van der Waals surface area contributed by atoms with Crippen LogP contribution in [0.2, 0.25) is 0 Å². The van der Waals surface area contributed by atoms with Crippen LogP contribution in [0.4, 0.5) is 0 Å². The van der Waals surface area contributed by atoms with E-state index in [9.17, 15) is 0 Å². The first kappa shape index (κ1) is 17.4. The monoisotopic (exact) mass is 353 g/mol. The van der Waals surface area contributed by atoms with Crippen molar-refractivity contribution < 1.29 is 9.47 Å². The molecule has 2 aliphatic rings. The number of ether oxygens (including phenoxy) is 2. The molecule has 0 N–H and O–H groups in total. The molecule has 26 heavy (non-hydrogen) atoms. The molecule has 2 aliphatic heterocycles. The van der Waals surface area contributed by atoms with Crippen LogP contribution < -0.4 is 4.74 Å². The molecular weight excluding hydrogens is 326 g/mol. The molecule has 1 atom stereocenters. The van der Waals surface area contributed by atoms with E-state index in [1.807, 2.05) is 12.1 Å². The number of hydrogen-bond acceptors (Lipinski definition) is 5. The molecule has 4 rings (SSSR count). The number of rotatable bonds is 5. The minimum atomic E-state index is 0.195. The highest BCUT2D eigenvalue weighted by atomic mass is 16.5. The molecule has 0 radical (unpaired) electrons. The highest BCUT2D eigenvalue weighted by molar-refractivity contribution is 5.15. The van der Waals surface area contributed by atoms with E-state index >= 15 is 0 Å². The number of aryl methyl sites for hydroxylation is 1. The van der Waals surface area contributed by atoms with Crippen LogP contribution in [0.25, 0.3) is 0 Å². The fourth-order valence-electron chi connectivity index (χ4n) is 4.07. The highest BCUT2D eigenvalue weighted by Crippen LogP contribution is 2.42. The predicted molar refractivity (Wildman–Crippen MR) is 100 cm³/mol. The van der Waals surface area contributed by atoms with Crippen molar-refractivity contribution in [3.8, 4) is 5.75 Å². The van der Waals surface area contributed by atoms with Gasteiger partial charge in [0, 0.05) is 18.4 Å². The molecule has 0 aromatic carbocycles. The van der Waals surface area contributed by atoms with Crippen molar-refractivity contribution in [2.24, 2.45) is 5.41 Å². The van der Waals surface area contributed by atoms with Crippen LogP contribution in [0.3, 0.4) is 0 Å². The largest absolute Gasteiger partial charge is 0.489 e. The average Bonchev–Trinajstić information content (AvgIpc) is 3.06. The van der Waals surface area contributed by atoms with Crippen molar-refractivity contribution in [3.63, 3.8) is 0 Å². The third kappa shape index (κ3) is 4.22. The Morgan fingerprint density at radius 3 is 2.88 bits per heavy atom. The molecule has 4 heterocycles. The van der Waals surface area contributed by atoms with E-state index in [-0.39, 0.29) is 6.10 Å². The summed E-state index contributed by atoms with van der Waals surface area (Å²) in [4.78, 5) is 11.2. The van der Waals surface area contributed by atoms with Gasteiger partial charge in [-0.05, 0) is 69.0 Å². The predicted octanol–water partition coefficient (Wildman–Crippen LogP) is 3.24. The maximum atomic E-state index is 6.06. The molecule has 5 heteroatoms. The standard InChI is InChI=1S/C21H27N3O2/c1-17-4-2-5-18(23-17)14-24-10-7-21(8-11-24)12-20(26-16-21)15-25-19-6-3-9-22-13-19/h2-6,9,13,20H,7-8,10-12,14-16H2,1H3/t20-/m0/s1. The number of hydrogen-bond donors (Lipinski definition) is 0. The second kappa shape index (κ2) is 7.72. The summed E-state index contributed by atoms with van der Waals surface area (Å²) in [6.45, 7) is 6.73. The fourth-order valence-corrected chi connectivity index (χ4v) is 4.07. The number of pyridine rings is 2. The van der Waals surface area contributed by atoms with Gasteiger partial charge in [0.15, 0.2) is 0 Å². The van der Waals surface area contributed by atoms with Crippen LogP contribution in [0.5, 0.6) is 5.75 Å². The fraction of sp³-hybridized carbons (Fsp3) is 0.524. The number of likely N-dealkylation sites (tertiary alicyclic amines) is 1. The molecule has 0 unspecified atom stereocenters. The summed E-state index contributed by atoms with van der Waals surface area (Å²) in [5.74, 6) is 0.817. The van der Waals surface area contributed by atoms with Crippen LogP contribution in [0.1, 0.15) is 30.7 Å². The summed E-state index contributed by atoms with van der Waals surface area (Å²) in [5.41, 5.74) is 2.60. The number of piperidine rings is 1. The molecule has 1 spiro atoms. The molecule has 2 saturated heterocycles. The van der Waals surface area contributed by atoms with Gasteiger partial charge in [-0.3, -0.25) is 14.9 Å². The number of nitrogens with zero attached hydrogens (tertiary/aromatic N) is 3. The lowest BCUT2D eigenvalue weighted by atomic mass is 9.76. The van der Waals surface area contributed by atoms with Crippen molar-refractivity contribution in [3.05, 3.63) is 54.1 Å². The quantitative estimate of drug-likeness (QED) is 0.826. The third-order valence-corrected chi connectivity index (χ3v) is 5.60. The zero-order chi connectivity index (χ0) is 17.8. The second-order valence-corrected chi connectivity index (χ2v) is 7.68. The van der Waals surface area contributed by atoms with Gasteiger partial charge in [0.2, 0.25) is 0 Å². The Bertz CT molecular complexity index is 714. The number of aromatic nitrogens is 2. The lowest BCUT2D eigenvalue weighted by molar-refractivity contribution is 0.0468. The maximum Gasteiger partial charge on any atom is 0.137 e. The van der Waals surface area contributed by atoms with Crippen molar-refractivity contribution >= 4 is 0 Å². The molecule has 2 aromatic rings. The van der Waals surface area contributed by atoms with Crippen molar-refractivity contribution in [2.45, 2.75) is 38.8 Å². The molecular formula is C21H27N3O2. The Labute approximate surface area is 155 Å². The van der Waals surface area contributed by atoms with Gasteiger partial charge >= 0.3 is 0 Å². The van der Waals surface area contributed by atoms with E-state index in [2.05, 4.69) is 40.0 Å². The van der Waals surface area contributed by atoms with Gasteiger partial charge in [-0.2, -0.15) is 0 Å². The van der Waals surface area contributed by atoms with Crippen LogP contribution in [-0.2, 0) is 11.3 Å². The molecule has 138 valence electrons. The summed E-state index contributed by atoms with van der Waals surface area (Å²) in [7, 11) is 0. The zero-order valence-corrected chi connectivity index (χ0v) is 15.4. The first-order valence-electron chi connectivity index (χ1n) is 9.50. The Balaban J connectivity index is 1.25. The topological polar surface area (TPSA) is 47.5 Å². The van der Waals surface area contributed by atoms with Crippen molar-refractivity contribution in [2.75, 3.05) is 26.3 Å². The van der Waals surface area contributed by atoms with E-state index in [0.29, 0.717) is 12.0 Å². The Kier molecular flexibility index (Phi) is 5.18. The van der Waals surface area contributed by atoms with Crippen LogP contribution in [0, 0.1) is 12.3 Å². The SMILES string of the molecule is Cc1cccc(CN2CCC3(CC2)CO[C@H](COc2cccnc2)C3)n1. The van der Waals surface area contributed by atoms with E-state index in [1.54, 1.807) is 12.4 Å². The summed E-state index contributed by atoms with van der Waals surface area (Å²) in [6, 6.07) is 10.1. The van der Waals surface area contributed by atoms with Crippen molar-refractivity contribution in [1.29, 1.82) is 0 Å². The van der Waals surface area contributed by atoms with Gasteiger partial charge < -0.3 is 9.47 Å². The minimum Gasteiger partial charge on any atom is -0.489 e. The normalized spacial score (nSPS) is 22.6. The smallest absolute Gasteiger partial charge is 0.137 e. The van der Waals surface area contributed by atoms with Gasteiger partial charge in [0.05, 0.1) is 24.6 Å². The molecule has 0 aliphatic carbocycles. The zero-order valence-electron chi connectivity index (χ0n) is 15.4. The Hall–Kier alpha value is -1.98. The minimum absolute atomic E-state index is 0.195. The first-order valence-corrected chi connectivity index (χ1v) is 9.50. The molecule has 2 aromatic heterocycles. The Morgan fingerprint density at radius 1 is 1.23 bits per heavy atom. The lowest BCUT2D eigenvalue weighted by Crippen LogP contribution is -2.40. The third-order valence-electron chi connectivity index (χ3n) is 5.60. The van der Waals surface area contributed by atoms with Gasteiger partial charge in [0.1, 0.15) is 12.4 Å². The molecule has 5 nitrogen and oxygen atoms in total. The summed E-state index contributed by atoms with van der Waals surface area (Å²) < 4.78 is 11.9. The molecule has 0 amide bonds. The lowest BCUT2D eigenvalue weighted by Gasteiger charge is -2.38. The van der Waals surface area contributed by atoms with Crippen LogP contribution in [0.15, 0.2) is 42.7 Å². The maximum absolute atomic E-state index is 6.06. The van der Waals surface area contributed by atoms with E-state index in [4.69, 9.17) is 9.47 Å². The highest BCUT2D eigenvalue weighted by Gasteiger charge is 2.42. The molecule has 2 fully saturated rings.